The Balaban J connectivity index is 0.000000359. The fourth-order valence-electron chi connectivity index (χ4n) is 2.28. The van der Waals surface area contributed by atoms with Gasteiger partial charge in [0.25, 0.3) is 0 Å². The average Bonchev–Trinajstić information content (AvgIpc) is 2.57. The zero-order chi connectivity index (χ0) is 19.7. The van der Waals surface area contributed by atoms with Gasteiger partial charge in [-0.2, -0.15) is 0 Å². The molecule has 0 aliphatic carbocycles. The van der Waals surface area contributed by atoms with Gasteiger partial charge in [-0.05, 0) is 55.8 Å². The molecule has 0 fully saturated rings. The number of nitrogens with zero attached hydrogens (tertiary/aromatic N) is 1. The summed E-state index contributed by atoms with van der Waals surface area (Å²) in [5.74, 6) is -2.16. The lowest BCUT2D eigenvalue weighted by atomic mass is 10.0. The first-order valence-corrected chi connectivity index (χ1v) is 8.25. The Labute approximate surface area is 153 Å². The predicted molar refractivity (Wildman–Crippen MR) is 101 cm³/mol. The second-order valence-corrected chi connectivity index (χ2v) is 6.16. The van der Waals surface area contributed by atoms with E-state index in [0.717, 1.165) is 18.4 Å². The van der Waals surface area contributed by atoms with Crippen LogP contribution in [-0.2, 0) is 16.0 Å². The number of benzene rings is 2. The van der Waals surface area contributed by atoms with Crippen LogP contribution in [0.5, 0.6) is 5.75 Å². The van der Waals surface area contributed by atoms with Crippen molar-refractivity contribution in [3.63, 3.8) is 0 Å². The second-order valence-electron chi connectivity index (χ2n) is 6.16. The molecular weight excluding hydrogens is 334 g/mol. The number of rotatable bonds is 6. The Hall–Kier alpha value is -2.86. The van der Waals surface area contributed by atoms with E-state index in [1.54, 1.807) is 0 Å². The molecule has 0 saturated carbocycles. The fourth-order valence-corrected chi connectivity index (χ4v) is 2.28. The van der Waals surface area contributed by atoms with Crippen LogP contribution < -0.4 is 0 Å². The molecule has 6 nitrogen and oxygen atoms in total. The normalized spacial score (nSPS) is 11.0. The van der Waals surface area contributed by atoms with Gasteiger partial charge >= 0.3 is 11.9 Å². The number of aliphatic carboxylic acids is 2. The van der Waals surface area contributed by atoms with Crippen LogP contribution in [0.25, 0.3) is 10.8 Å². The third-order valence-electron chi connectivity index (χ3n) is 3.92. The smallest absolute Gasteiger partial charge is 0.328 e. The molecule has 0 bridgehead atoms. The van der Waals surface area contributed by atoms with Gasteiger partial charge < -0.3 is 20.2 Å². The average molecular weight is 359 g/mol. The van der Waals surface area contributed by atoms with Gasteiger partial charge in [0.15, 0.2) is 0 Å². The standard InChI is InChI=1S/C16H21NO.C4H4O4/c1-12(2)17(3)9-8-14-11-15(18)10-13-6-4-5-7-16(13)14;5-3(6)1-2-4(7)8/h4-7,10-12,18H,8-9H2,1-3H3;1-2H,(H,5,6)(H,7,8)/b;2-1+. The third-order valence-corrected chi connectivity index (χ3v) is 3.92. The number of aromatic hydroxyl groups is 1. The van der Waals surface area contributed by atoms with E-state index in [9.17, 15) is 14.7 Å². The van der Waals surface area contributed by atoms with Crippen molar-refractivity contribution in [2.45, 2.75) is 26.3 Å². The molecule has 0 amide bonds. The maximum absolute atomic E-state index is 9.77. The summed E-state index contributed by atoms with van der Waals surface area (Å²) in [6, 6.07) is 12.5. The van der Waals surface area contributed by atoms with Crippen molar-refractivity contribution in [3.05, 3.63) is 54.1 Å². The van der Waals surface area contributed by atoms with E-state index >= 15 is 0 Å². The first-order chi connectivity index (χ1) is 12.2. The first kappa shape index (κ1) is 21.2. The van der Waals surface area contributed by atoms with Crippen molar-refractivity contribution in [1.82, 2.24) is 4.90 Å². The van der Waals surface area contributed by atoms with E-state index in [0.29, 0.717) is 23.9 Å². The van der Waals surface area contributed by atoms with Crippen molar-refractivity contribution in [3.8, 4) is 5.75 Å². The van der Waals surface area contributed by atoms with Gasteiger partial charge in [-0.3, -0.25) is 0 Å². The van der Waals surface area contributed by atoms with Crippen LogP contribution in [-0.4, -0.2) is 51.8 Å². The highest BCUT2D eigenvalue weighted by atomic mass is 16.4. The largest absolute Gasteiger partial charge is 0.508 e. The van der Waals surface area contributed by atoms with E-state index in [4.69, 9.17) is 10.2 Å². The molecule has 0 unspecified atom stereocenters. The topological polar surface area (TPSA) is 98.1 Å². The van der Waals surface area contributed by atoms with Crippen molar-refractivity contribution in [1.29, 1.82) is 0 Å². The zero-order valence-corrected chi connectivity index (χ0v) is 15.2. The number of carbonyl (C=O) groups is 2. The molecule has 0 heterocycles. The molecule has 0 saturated heterocycles. The molecule has 6 heteroatoms. The molecule has 0 spiro atoms. The summed E-state index contributed by atoms with van der Waals surface area (Å²) < 4.78 is 0. The van der Waals surface area contributed by atoms with Gasteiger partial charge in [-0.15, -0.1) is 0 Å². The molecule has 2 aromatic carbocycles. The monoisotopic (exact) mass is 359 g/mol. The lowest BCUT2D eigenvalue weighted by molar-refractivity contribution is -0.134. The number of carboxylic acids is 2. The summed E-state index contributed by atoms with van der Waals surface area (Å²) in [7, 11) is 2.13. The minimum Gasteiger partial charge on any atom is -0.508 e. The molecule has 0 aromatic heterocycles. The first-order valence-electron chi connectivity index (χ1n) is 8.25. The Bertz CT molecular complexity index is 767. The van der Waals surface area contributed by atoms with Gasteiger partial charge in [0.1, 0.15) is 5.75 Å². The highest BCUT2D eigenvalue weighted by molar-refractivity contribution is 5.89. The Kier molecular flexibility index (Phi) is 8.31. The number of likely N-dealkylation sites (N-methyl/N-ethyl adjacent to an activating group) is 1. The molecule has 0 radical (unpaired) electrons. The number of carboxylic acid groups (broad SMARTS) is 2. The van der Waals surface area contributed by atoms with Crippen molar-refractivity contribution in [2.75, 3.05) is 13.6 Å². The summed E-state index contributed by atoms with van der Waals surface area (Å²) in [5.41, 5.74) is 1.22. The van der Waals surface area contributed by atoms with Gasteiger partial charge in [-0.1, -0.05) is 24.3 Å². The van der Waals surface area contributed by atoms with Crippen LogP contribution in [0, 0.1) is 0 Å². The van der Waals surface area contributed by atoms with Crippen LogP contribution in [0.3, 0.4) is 0 Å². The highest BCUT2D eigenvalue weighted by Crippen LogP contribution is 2.25. The fraction of sp³-hybridized carbons (Fsp3) is 0.300. The van der Waals surface area contributed by atoms with Crippen molar-refractivity contribution < 1.29 is 24.9 Å². The molecule has 0 atom stereocenters. The molecule has 2 rings (SSSR count). The Morgan fingerprint density at radius 3 is 2.19 bits per heavy atom. The molecule has 140 valence electrons. The predicted octanol–water partition coefficient (Wildman–Crippen LogP) is 3.14. The highest BCUT2D eigenvalue weighted by Gasteiger charge is 2.07. The molecule has 3 N–H and O–H groups in total. The maximum atomic E-state index is 9.77. The van der Waals surface area contributed by atoms with Crippen LogP contribution in [0.2, 0.25) is 0 Å². The summed E-state index contributed by atoms with van der Waals surface area (Å²) in [4.78, 5) is 21.4. The molecule has 2 aromatic rings. The SMILES string of the molecule is CC(C)N(C)CCc1cc(O)cc2ccccc12.O=C(O)/C=C/C(=O)O. The lowest BCUT2D eigenvalue weighted by Gasteiger charge is -2.21. The van der Waals surface area contributed by atoms with Crippen LogP contribution in [0.15, 0.2) is 48.6 Å². The van der Waals surface area contributed by atoms with E-state index in [1.807, 2.05) is 24.3 Å². The van der Waals surface area contributed by atoms with Gasteiger partial charge in [0.2, 0.25) is 0 Å². The summed E-state index contributed by atoms with van der Waals surface area (Å²) in [6.07, 6.45) is 2.08. The van der Waals surface area contributed by atoms with Crippen molar-refractivity contribution >= 4 is 22.7 Å². The van der Waals surface area contributed by atoms with Gasteiger partial charge in [0.05, 0.1) is 0 Å². The minimum atomic E-state index is -1.26. The van der Waals surface area contributed by atoms with Crippen LogP contribution in [0.4, 0.5) is 0 Å². The summed E-state index contributed by atoms with van der Waals surface area (Å²) in [5, 5.41) is 27.8. The van der Waals surface area contributed by atoms with E-state index in [-0.39, 0.29) is 0 Å². The molecule has 26 heavy (non-hydrogen) atoms. The quantitative estimate of drug-likeness (QED) is 0.686. The molecule has 0 aliphatic heterocycles. The maximum Gasteiger partial charge on any atom is 0.328 e. The van der Waals surface area contributed by atoms with Crippen LogP contribution in [0.1, 0.15) is 19.4 Å². The summed E-state index contributed by atoms with van der Waals surface area (Å²) in [6.45, 7) is 5.40. The number of phenolic OH excluding ortho intramolecular Hbond substituents is 1. The van der Waals surface area contributed by atoms with Gasteiger partial charge in [-0.25, -0.2) is 9.59 Å². The molecular formula is C20H25NO5. The number of hydrogen-bond acceptors (Lipinski definition) is 4. The lowest BCUT2D eigenvalue weighted by Crippen LogP contribution is -2.28. The zero-order valence-electron chi connectivity index (χ0n) is 15.2. The van der Waals surface area contributed by atoms with Crippen LogP contribution >= 0.6 is 0 Å². The Morgan fingerprint density at radius 1 is 1.08 bits per heavy atom. The third kappa shape index (κ3) is 7.36. The minimum absolute atomic E-state index is 0.357. The number of hydrogen-bond donors (Lipinski definition) is 3. The number of fused-ring (bicyclic) bond motifs is 1. The van der Waals surface area contributed by atoms with Crippen molar-refractivity contribution in [2.24, 2.45) is 0 Å². The van der Waals surface area contributed by atoms with E-state index < -0.39 is 11.9 Å². The number of phenols is 1. The molecule has 0 aliphatic rings. The van der Waals surface area contributed by atoms with E-state index in [1.165, 1.54) is 10.9 Å². The Morgan fingerprint density at radius 2 is 1.65 bits per heavy atom. The van der Waals surface area contributed by atoms with E-state index in [2.05, 4.69) is 37.9 Å². The van der Waals surface area contributed by atoms with Gasteiger partial charge in [0, 0.05) is 24.7 Å². The second kappa shape index (κ2) is 10.2. The summed E-state index contributed by atoms with van der Waals surface area (Å²) >= 11 is 0.